The van der Waals surface area contributed by atoms with Gasteiger partial charge in [0.05, 0.1) is 25.0 Å². The molecule has 4 rings (SSSR count). The van der Waals surface area contributed by atoms with Crippen LogP contribution in [0, 0.1) is 0 Å². The van der Waals surface area contributed by atoms with Crippen LogP contribution in [-0.4, -0.2) is 20.6 Å². The van der Waals surface area contributed by atoms with E-state index in [-0.39, 0.29) is 5.91 Å². The number of aromatic nitrogens is 2. The van der Waals surface area contributed by atoms with Gasteiger partial charge in [-0.2, -0.15) is 5.10 Å². The summed E-state index contributed by atoms with van der Waals surface area (Å²) >= 11 is 0. The average Bonchev–Trinajstić information content (AvgIpc) is 3.46. The number of nitrogens with zero attached hydrogens (tertiary/aromatic N) is 3. The van der Waals surface area contributed by atoms with E-state index in [1.165, 1.54) is 23.2 Å². The van der Waals surface area contributed by atoms with E-state index in [2.05, 4.69) is 24.3 Å². The molecule has 152 valence electrons. The Morgan fingerprint density at radius 2 is 1.97 bits per heavy atom. The van der Waals surface area contributed by atoms with E-state index >= 15 is 0 Å². The number of carbonyl (C=O) groups excluding carboxylic acids is 1. The van der Waals surface area contributed by atoms with Gasteiger partial charge in [-0.15, -0.1) is 0 Å². The van der Waals surface area contributed by atoms with E-state index in [4.69, 9.17) is 9.52 Å². The molecule has 0 radical (unpaired) electrons. The molecular formula is C24H29N3O2. The van der Waals surface area contributed by atoms with Crippen molar-refractivity contribution in [3.8, 4) is 0 Å². The van der Waals surface area contributed by atoms with E-state index in [0.717, 1.165) is 43.6 Å². The lowest BCUT2D eigenvalue weighted by atomic mass is 10.1. The molecule has 1 aromatic carbocycles. The maximum Gasteiger partial charge on any atom is 0.223 e. The van der Waals surface area contributed by atoms with E-state index in [1.807, 2.05) is 34.8 Å². The van der Waals surface area contributed by atoms with Gasteiger partial charge in [0.15, 0.2) is 0 Å². The molecule has 5 heteroatoms. The molecule has 3 aromatic rings. The molecule has 2 aromatic heterocycles. The molecular weight excluding hydrogens is 362 g/mol. The Hall–Kier alpha value is -2.82. The van der Waals surface area contributed by atoms with Crippen LogP contribution in [0.25, 0.3) is 0 Å². The fraction of sp³-hybridized carbons (Fsp3) is 0.417. The molecule has 0 unspecified atom stereocenters. The van der Waals surface area contributed by atoms with Crippen molar-refractivity contribution in [3.63, 3.8) is 0 Å². The maximum atomic E-state index is 13.0. The van der Waals surface area contributed by atoms with Crippen molar-refractivity contribution in [2.45, 2.75) is 58.0 Å². The first-order valence-electron chi connectivity index (χ1n) is 10.6. The largest absolute Gasteiger partial charge is 0.467 e. The molecule has 0 bridgehead atoms. The summed E-state index contributed by atoms with van der Waals surface area (Å²) in [4.78, 5) is 14.9. The van der Waals surface area contributed by atoms with Gasteiger partial charge in [-0.05, 0) is 61.8 Å². The number of rotatable bonds is 9. The van der Waals surface area contributed by atoms with Crippen molar-refractivity contribution in [2.75, 3.05) is 0 Å². The van der Waals surface area contributed by atoms with Gasteiger partial charge in [0.2, 0.25) is 5.91 Å². The van der Waals surface area contributed by atoms with E-state index in [1.54, 1.807) is 6.26 Å². The van der Waals surface area contributed by atoms with Crippen LogP contribution in [-0.2, 0) is 44.2 Å². The summed E-state index contributed by atoms with van der Waals surface area (Å²) in [5, 5.41) is 4.71. The summed E-state index contributed by atoms with van der Waals surface area (Å²) in [6, 6.07) is 14.3. The van der Waals surface area contributed by atoms with Crippen molar-refractivity contribution in [1.29, 1.82) is 0 Å². The van der Waals surface area contributed by atoms with Crippen molar-refractivity contribution >= 4 is 5.91 Å². The van der Waals surface area contributed by atoms with Crippen LogP contribution in [0.4, 0.5) is 0 Å². The molecule has 0 spiro atoms. The number of hydrogen-bond acceptors (Lipinski definition) is 3. The van der Waals surface area contributed by atoms with Crippen molar-refractivity contribution in [2.24, 2.45) is 7.05 Å². The van der Waals surface area contributed by atoms with Gasteiger partial charge in [0, 0.05) is 19.2 Å². The Kier molecular flexibility index (Phi) is 6.13. The first-order valence-corrected chi connectivity index (χ1v) is 10.6. The number of amides is 1. The summed E-state index contributed by atoms with van der Waals surface area (Å²) in [6.07, 6.45) is 8.48. The van der Waals surface area contributed by atoms with Crippen molar-refractivity contribution in [1.82, 2.24) is 14.7 Å². The molecule has 0 atom stereocenters. The highest BCUT2D eigenvalue weighted by Crippen LogP contribution is 2.26. The topological polar surface area (TPSA) is 51.3 Å². The van der Waals surface area contributed by atoms with Crippen LogP contribution in [0.5, 0.6) is 0 Å². The van der Waals surface area contributed by atoms with Gasteiger partial charge >= 0.3 is 0 Å². The minimum Gasteiger partial charge on any atom is -0.467 e. The predicted octanol–water partition coefficient (Wildman–Crippen LogP) is 4.44. The lowest BCUT2D eigenvalue weighted by molar-refractivity contribution is -0.132. The van der Waals surface area contributed by atoms with Gasteiger partial charge in [0.25, 0.3) is 0 Å². The second-order valence-electron chi connectivity index (χ2n) is 7.87. The first-order chi connectivity index (χ1) is 14.2. The summed E-state index contributed by atoms with van der Waals surface area (Å²) in [5.74, 6) is 0.988. The second-order valence-corrected chi connectivity index (χ2v) is 7.87. The number of furan rings is 1. The Balaban J connectivity index is 1.38. The number of benzene rings is 1. The Labute approximate surface area is 172 Å². The number of carbonyl (C=O) groups is 1. The predicted molar refractivity (Wildman–Crippen MR) is 112 cm³/mol. The second kappa shape index (κ2) is 9.12. The van der Waals surface area contributed by atoms with Crippen LogP contribution in [0.1, 0.15) is 54.0 Å². The van der Waals surface area contributed by atoms with Crippen LogP contribution in [0.15, 0.2) is 53.1 Å². The van der Waals surface area contributed by atoms with Crippen LogP contribution in [0.3, 0.4) is 0 Å². The highest BCUT2D eigenvalue weighted by molar-refractivity contribution is 5.76. The van der Waals surface area contributed by atoms with Gasteiger partial charge in [0.1, 0.15) is 5.76 Å². The standard InChI is InChI=1S/C24H29N3O2/c1-26-23-14-7-13-21(23)22(25-26)18-27(17-20-12-8-16-29-20)24(28)15-6-5-11-19-9-3-2-4-10-19/h2-4,8-10,12,16H,5-7,11,13-15,17-18H2,1H3. The normalized spacial score (nSPS) is 12.9. The Bertz CT molecular complexity index is 929. The summed E-state index contributed by atoms with van der Waals surface area (Å²) < 4.78 is 7.51. The summed E-state index contributed by atoms with van der Waals surface area (Å²) in [6.45, 7) is 1.05. The van der Waals surface area contributed by atoms with E-state index < -0.39 is 0 Å². The zero-order valence-corrected chi connectivity index (χ0v) is 17.1. The Morgan fingerprint density at radius 3 is 2.76 bits per heavy atom. The third kappa shape index (κ3) is 4.78. The minimum absolute atomic E-state index is 0.173. The summed E-state index contributed by atoms with van der Waals surface area (Å²) in [5.41, 5.74) is 5.04. The molecule has 29 heavy (non-hydrogen) atoms. The quantitative estimate of drug-likeness (QED) is 0.507. The lowest BCUT2D eigenvalue weighted by Gasteiger charge is -2.21. The number of fused-ring (bicyclic) bond motifs is 1. The molecule has 1 aliphatic carbocycles. The van der Waals surface area contributed by atoms with Gasteiger partial charge in [-0.1, -0.05) is 30.3 Å². The highest BCUT2D eigenvalue weighted by Gasteiger charge is 2.24. The first kappa shape index (κ1) is 19.5. The molecule has 1 aliphatic rings. The molecule has 2 heterocycles. The molecule has 0 aliphatic heterocycles. The van der Waals surface area contributed by atoms with Gasteiger partial charge < -0.3 is 9.32 Å². The fourth-order valence-corrected chi connectivity index (χ4v) is 4.24. The molecule has 0 N–H and O–H groups in total. The van der Waals surface area contributed by atoms with Crippen molar-refractivity contribution in [3.05, 3.63) is 77.0 Å². The van der Waals surface area contributed by atoms with Crippen LogP contribution < -0.4 is 0 Å². The molecule has 5 nitrogen and oxygen atoms in total. The SMILES string of the molecule is Cn1nc(CN(Cc2ccco2)C(=O)CCCCc2ccccc2)c2c1CCC2. The molecule has 0 fully saturated rings. The van der Waals surface area contributed by atoms with Gasteiger partial charge in [-0.25, -0.2) is 0 Å². The maximum absolute atomic E-state index is 13.0. The third-order valence-corrected chi connectivity index (χ3v) is 5.77. The smallest absolute Gasteiger partial charge is 0.223 e. The third-order valence-electron chi connectivity index (χ3n) is 5.77. The fourth-order valence-electron chi connectivity index (χ4n) is 4.24. The minimum atomic E-state index is 0.173. The van der Waals surface area contributed by atoms with Gasteiger partial charge in [-0.3, -0.25) is 9.48 Å². The van der Waals surface area contributed by atoms with E-state index in [0.29, 0.717) is 19.5 Å². The van der Waals surface area contributed by atoms with E-state index in [9.17, 15) is 4.79 Å². The monoisotopic (exact) mass is 391 g/mol. The summed E-state index contributed by atoms with van der Waals surface area (Å²) in [7, 11) is 2.01. The van der Waals surface area contributed by atoms with Crippen molar-refractivity contribution < 1.29 is 9.21 Å². The zero-order chi connectivity index (χ0) is 20.1. The van der Waals surface area contributed by atoms with Crippen LogP contribution >= 0.6 is 0 Å². The number of unbranched alkanes of at least 4 members (excludes halogenated alkanes) is 1. The number of hydrogen-bond donors (Lipinski definition) is 0. The average molecular weight is 392 g/mol. The number of aryl methyl sites for hydroxylation is 2. The Morgan fingerprint density at radius 1 is 1.10 bits per heavy atom. The molecule has 1 amide bonds. The lowest BCUT2D eigenvalue weighted by Crippen LogP contribution is -2.30. The highest BCUT2D eigenvalue weighted by atomic mass is 16.3. The zero-order valence-electron chi connectivity index (χ0n) is 17.1. The molecule has 0 saturated carbocycles. The van der Waals surface area contributed by atoms with Crippen LogP contribution in [0.2, 0.25) is 0 Å². The molecule has 0 saturated heterocycles.